The number of hydrogen-bond acceptors (Lipinski definition) is 7. The first-order chi connectivity index (χ1) is 16.3. The molecule has 1 aromatic rings. The molecule has 0 heterocycles. The van der Waals surface area contributed by atoms with E-state index in [1.165, 1.54) is 0 Å². The summed E-state index contributed by atoms with van der Waals surface area (Å²) in [4.78, 5) is 60.8. The van der Waals surface area contributed by atoms with Crippen LogP contribution in [-0.2, 0) is 30.4 Å². The van der Waals surface area contributed by atoms with Gasteiger partial charge in [0.2, 0.25) is 17.7 Å². The zero-order valence-electron chi connectivity index (χ0n) is 19.9. The maximum atomic E-state index is 13.1. The first kappa shape index (κ1) is 29.5. The molecule has 5 atom stereocenters. The van der Waals surface area contributed by atoms with E-state index in [2.05, 4.69) is 10.6 Å². The summed E-state index contributed by atoms with van der Waals surface area (Å²) in [6, 6.07) is 3.22. The van der Waals surface area contributed by atoms with E-state index in [1.807, 2.05) is 19.2 Å². The molecule has 0 radical (unpaired) electrons. The summed E-state index contributed by atoms with van der Waals surface area (Å²) in [5, 5.41) is 34.8. The van der Waals surface area contributed by atoms with Crippen LogP contribution in [0.2, 0.25) is 0 Å². The van der Waals surface area contributed by atoms with E-state index >= 15 is 0 Å². The van der Waals surface area contributed by atoms with Crippen molar-refractivity contribution < 1.29 is 39.3 Å². The smallest absolute Gasteiger partial charge is 0.328 e. The number of aliphatic hydroxyl groups is 1. The number of benzene rings is 1. The van der Waals surface area contributed by atoms with Crippen LogP contribution >= 0.6 is 0 Å². The van der Waals surface area contributed by atoms with Gasteiger partial charge in [-0.15, -0.1) is 0 Å². The van der Waals surface area contributed by atoms with Gasteiger partial charge < -0.3 is 37.0 Å². The minimum absolute atomic E-state index is 0.0274. The molecule has 0 saturated carbocycles. The molecule has 0 aliphatic heterocycles. The molecule has 12 heteroatoms. The molecular weight excluding hydrogens is 460 g/mol. The number of hydrogen-bond donors (Lipinski definition) is 7. The second-order valence-electron chi connectivity index (χ2n) is 8.71. The van der Waals surface area contributed by atoms with Crippen LogP contribution in [-0.4, -0.2) is 75.3 Å². The van der Waals surface area contributed by atoms with Crippen LogP contribution < -0.4 is 21.7 Å². The fraction of sp³-hybridized carbons (Fsp3) is 0.522. The first-order valence-electron chi connectivity index (χ1n) is 11.1. The van der Waals surface area contributed by atoms with Crippen molar-refractivity contribution in [3.05, 3.63) is 35.9 Å². The Bertz CT molecular complexity index is 891. The van der Waals surface area contributed by atoms with E-state index in [0.717, 1.165) is 6.92 Å². The topological polar surface area (TPSA) is 208 Å². The van der Waals surface area contributed by atoms with E-state index in [-0.39, 0.29) is 12.3 Å². The molecule has 0 saturated heterocycles. The highest BCUT2D eigenvalue weighted by Gasteiger charge is 2.33. The molecule has 1 aromatic carbocycles. The monoisotopic (exact) mass is 494 g/mol. The number of nitrogens with two attached hydrogens (primary N) is 1. The molecule has 0 aromatic heterocycles. The van der Waals surface area contributed by atoms with E-state index in [1.54, 1.807) is 30.3 Å². The number of carboxylic acids is 2. The summed E-state index contributed by atoms with van der Waals surface area (Å²) in [6.45, 7) is 4.90. The summed E-state index contributed by atoms with van der Waals surface area (Å²) < 4.78 is 0. The summed E-state index contributed by atoms with van der Waals surface area (Å²) in [5.74, 6) is -5.41. The van der Waals surface area contributed by atoms with Crippen LogP contribution in [0.15, 0.2) is 30.3 Å². The van der Waals surface area contributed by atoms with Gasteiger partial charge in [-0.05, 0) is 24.8 Å². The van der Waals surface area contributed by atoms with Crippen LogP contribution in [0.3, 0.4) is 0 Å². The molecule has 0 bridgehead atoms. The number of carbonyl (C=O) groups excluding carboxylic acids is 3. The summed E-state index contributed by atoms with van der Waals surface area (Å²) in [5.41, 5.74) is 6.61. The Balaban J connectivity index is 3.11. The van der Waals surface area contributed by atoms with Crippen LogP contribution in [0.25, 0.3) is 0 Å². The lowest BCUT2D eigenvalue weighted by atomic mass is 10.0. The van der Waals surface area contributed by atoms with Gasteiger partial charge in [-0.2, -0.15) is 0 Å². The Morgan fingerprint density at radius 2 is 1.40 bits per heavy atom. The lowest BCUT2D eigenvalue weighted by Crippen LogP contribution is -2.59. The van der Waals surface area contributed by atoms with Crippen molar-refractivity contribution in [2.24, 2.45) is 11.7 Å². The van der Waals surface area contributed by atoms with Gasteiger partial charge in [0.05, 0.1) is 18.6 Å². The molecule has 35 heavy (non-hydrogen) atoms. The fourth-order valence-corrected chi connectivity index (χ4v) is 3.25. The molecule has 0 aliphatic rings. The molecule has 5 unspecified atom stereocenters. The number of aliphatic carboxylic acids is 2. The predicted molar refractivity (Wildman–Crippen MR) is 125 cm³/mol. The molecule has 0 spiro atoms. The van der Waals surface area contributed by atoms with Crippen LogP contribution in [0.5, 0.6) is 0 Å². The second-order valence-corrected chi connectivity index (χ2v) is 8.71. The average molecular weight is 495 g/mol. The van der Waals surface area contributed by atoms with Gasteiger partial charge in [-0.25, -0.2) is 4.79 Å². The Labute approximate surface area is 203 Å². The molecule has 1 rings (SSSR count). The Kier molecular flexibility index (Phi) is 11.8. The minimum Gasteiger partial charge on any atom is -0.481 e. The number of carbonyl (C=O) groups is 5. The van der Waals surface area contributed by atoms with Gasteiger partial charge in [0.1, 0.15) is 12.1 Å². The third-order valence-corrected chi connectivity index (χ3v) is 5.04. The van der Waals surface area contributed by atoms with Crippen molar-refractivity contribution in [2.45, 2.75) is 70.3 Å². The molecule has 194 valence electrons. The second kappa shape index (κ2) is 14.0. The van der Waals surface area contributed by atoms with E-state index in [9.17, 15) is 34.2 Å². The number of amides is 3. The Morgan fingerprint density at radius 1 is 0.857 bits per heavy atom. The summed E-state index contributed by atoms with van der Waals surface area (Å²) >= 11 is 0. The predicted octanol–water partition coefficient (Wildman–Crippen LogP) is -1.00. The SMILES string of the molecule is CC(C)CC(N)C(=O)NC(Cc1ccccc1)C(=O)NC(CC(=O)O)C(=O)NC(C(=O)O)C(C)O. The van der Waals surface area contributed by atoms with Crippen molar-refractivity contribution in [1.82, 2.24) is 16.0 Å². The van der Waals surface area contributed by atoms with E-state index in [4.69, 9.17) is 10.8 Å². The van der Waals surface area contributed by atoms with Crippen molar-refractivity contribution in [2.75, 3.05) is 0 Å². The number of carboxylic acid groups (broad SMARTS) is 2. The normalized spacial score (nSPS) is 15.3. The van der Waals surface area contributed by atoms with Gasteiger partial charge >= 0.3 is 11.9 Å². The zero-order chi connectivity index (χ0) is 26.7. The summed E-state index contributed by atoms with van der Waals surface area (Å²) in [7, 11) is 0. The van der Waals surface area contributed by atoms with Gasteiger partial charge in [0, 0.05) is 6.42 Å². The fourth-order valence-electron chi connectivity index (χ4n) is 3.25. The van der Waals surface area contributed by atoms with Crippen molar-refractivity contribution in [1.29, 1.82) is 0 Å². The Hall–Kier alpha value is -3.51. The average Bonchev–Trinajstić information content (AvgIpc) is 2.75. The first-order valence-corrected chi connectivity index (χ1v) is 11.1. The standard InChI is InChI=1S/C23H34N4O8/c1-12(2)9-15(24)20(31)25-16(10-14-7-5-4-6-8-14)21(32)26-17(11-18(29)30)22(33)27-19(13(3)28)23(34)35/h4-8,12-13,15-17,19,28H,9-11,24H2,1-3H3,(H,25,31)(H,26,32)(H,27,33)(H,29,30)(H,34,35). The van der Waals surface area contributed by atoms with E-state index in [0.29, 0.717) is 12.0 Å². The maximum Gasteiger partial charge on any atom is 0.328 e. The number of nitrogens with one attached hydrogen (secondary N) is 3. The third-order valence-electron chi connectivity index (χ3n) is 5.04. The third kappa shape index (κ3) is 10.5. The highest BCUT2D eigenvalue weighted by atomic mass is 16.4. The molecule has 0 fully saturated rings. The van der Waals surface area contributed by atoms with Gasteiger partial charge in [-0.1, -0.05) is 44.2 Å². The number of rotatable bonds is 14. The minimum atomic E-state index is -1.72. The lowest BCUT2D eigenvalue weighted by Gasteiger charge is -2.25. The van der Waals surface area contributed by atoms with Crippen LogP contribution in [0.4, 0.5) is 0 Å². The zero-order valence-corrected chi connectivity index (χ0v) is 19.9. The van der Waals surface area contributed by atoms with Crippen molar-refractivity contribution >= 4 is 29.7 Å². The van der Waals surface area contributed by atoms with Gasteiger partial charge in [-0.3, -0.25) is 19.2 Å². The summed E-state index contributed by atoms with van der Waals surface area (Å²) in [6.07, 6.45) is -1.95. The highest BCUT2D eigenvalue weighted by Crippen LogP contribution is 2.08. The molecule has 8 N–H and O–H groups in total. The molecular formula is C23H34N4O8. The van der Waals surface area contributed by atoms with Crippen LogP contribution in [0, 0.1) is 5.92 Å². The number of aliphatic hydroxyl groups excluding tert-OH is 1. The quantitative estimate of drug-likeness (QED) is 0.169. The largest absolute Gasteiger partial charge is 0.481 e. The maximum absolute atomic E-state index is 13.1. The molecule has 3 amide bonds. The van der Waals surface area contributed by atoms with Crippen LogP contribution in [0.1, 0.15) is 39.2 Å². The highest BCUT2D eigenvalue weighted by molar-refractivity contribution is 5.95. The van der Waals surface area contributed by atoms with Crippen molar-refractivity contribution in [3.63, 3.8) is 0 Å². The molecule has 12 nitrogen and oxygen atoms in total. The van der Waals surface area contributed by atoms with E-state index < -0.39 is 66.4 Å². The lowest BCUT2D eigenvalue weighted by molar-refractivity contribution is -0.146. The van der Waals surface area contributed by atoms with Crippen molar-refractivity contribution in [3.8, 4) is 0 Å². The van der Waals surface area contributed by atoms with Gasteiger partial charge in [0.25, 0.3) is 0 Å². The Morgan fingerprint density at radius 3 is 1.89 bits per heavy atom. The molecule has 0 aliphatic carbocycles. The van der Waals surface area contributed by atoms with Gasteiger partial charge in [0.15, 0.2) is 6.04 Å².